The van der Waals surface area contributed by atoms with E-state index in [1.165, 1.54) is 29.8 Å². The molecular formula is C16H22N2O2S. The average molecular weight is 306 g/mol. The Morgan fingerprint density at radius 1 is 1.38 bits per heavy atom. The van der Waals surface area contributed by atoms with Crippen molar-refractivity contribution in [3.8, 4) is 12.3 Å². The first-order valence-electron chi connectivity index (χ1n) is 7.24. The van der Waals surface area contributed by atoms with Crippen LogP contribution in [0.2, 0.25) is 0 Å². The fourth-order valence-electron chi connectivity index (χ4n) is 2.21. The molecule has 1 aromatic rings. The Labute approximate surface area is 127 Å². The largest absolute Gasteiger partial charge is 0.310 e. The second-order valence-corrected chi connectivity index (χ2v) is 7.45. The van der Waals surface area contributed by atoms with E-state index in [2.05, 4.69) is 18.2 Å². The zero-order valence-electron chi connectivity index (χ0n) is 12.6. The van der Waals surface area contributed by atoms with Crippen LogP contribution in [0.5, 0.6) is 0 Å². The number of sulfonamides is 1. The number of rotatable bonds is 7. The molecule has 0 unspecified atom stereocenters. The minimum Gasteiger partial charge on any atom is -0.310 e. The summed E-state index contributed by atoms with van der Waals surface area (Å²) < 4.78 is 26.1. The fourth-order valence-corrected chi connectivity index (χ4v) is 3.34. The van der Waals surface area contributed by atoms with Crippen molar-refractivity contribution in [1.82, 2.24) is 9.62 Å². The Kier molecular flexibility index (Phi) is 5.04. The highest BCUT2D eigenvalue weighted by Gasteiger charge is 2.23. The second kappa shape index (κ2) is 6.61. The molecule has 5 heteroatoms. The Balaban J connectivity index is 2.27. The predicted octanol–water partition coefficient (Wildman–Crippen LogP) is 1.75. The molecular weight excluding hydrogens is 284 g/mol. The lowest BCUT2D eigenvalue weighted by Crippen LogP contribution is -2.27. The lowest BCUT2D eigenvalue weighted by molar-refractivity contribution is 0.502. The van der Waals surface area contributed by atoms with Crippen LogP contribution in [0.1, 0.15) is 30.9 Å². The molecule has 1 N–H and O–H groups in total. The van der Waals surface area contributed by atoms with E-state index in [0.717, 1.165) is 18.5 Å². The maximum absolute atomic E-state index is 12.4. The van der Waals surface area contributed by atoms with Gasteiger partial charge in [-0.25, -0.2) is 8.42 Å². The van der Waals surface area contributed by atoms with Gasteiger partial charge < -0.3 is 5.32 Å². The van der Waals surface area contributed by atoms with Gasteiger partial charge >= 0.3 is 0 Å². The van der Waals surface area contributed by atoms with Crippen molar-refractivity contribution in [2.75, 3.05) is 13.6 Å². The van der Waals surface area contributed by atoms with Crippen molar-refractivity contribution in [2.24, 2.45) is 0 Å². The van der Waals surface area contributed by atoms with Crippen LogP contribution in [0, 0.1) is 12.3 Å². The standard InChI is InChI=1S/C16H22N2O2S/c1-4-10-18(3)21(19,20)16-9-6-13(5-2)14(11-16)12-17-15-7-8-15/h1,6,9,11,15,17H,5,7-8,10,12H2,2-3H3. The maximum atomic E-state index is 12.4. The molecule has 1 fully saturated rings. The van der Waals surface area contributed by atoms with Crippen LogP contribution in [0.15, 0.2) is 23.1 Å². The summed E-state index contributed by atoms with van der Waals surface area (Å²) in [6.45, 7) is 2.87. The molecule has 0 aliphatic heterocycles. The van der Waals surface area contributed by atoms with E-state index in [1.807, 2.05) is 6.07 Å². The highest BCUT2D eigenvalue weighted by atomic mass is 32.2. The molecule has 1 aromatic carbocycles. The summed E-state index contributed by atoms with van der Waals surface area (Å²) >= 11 is 0. The summed E-state index contributed by atoms with van der Waals surface area (Å²) in [7, 11) is -2.00. The van der Waals surface area contributed by atoms with E-state index < -0.39 is 10.0 Å². The molecule has 0 heterocycles. The normalized spacial score (nSPS) is 15.1. The van der Waals surface area contributed by atoms with Gasteiger partial charge in [-0.2, -0.15) is 4.31 Å². The topological polar surface area (TPSA) is 49.4 Å². The van der Waals surface area contributed by atoms with Crippen LogP contribution in [0.3, 0.4) is 0 Å². The van der Waals surface area contributed by atoms with Crippen LogP contribution in [0.25, 0.3) is 0 Å². The first kappa shape index (κ1) is 16.0. The highest BCUT2D eigenvalue weighted by Crippen LogP contribution is 2.22. The molecule has 21 heavy (non-hydrogen) atoms. The molecule has 0 atom stereocenters. The SMILES string of the molecule is C#CCN(C)S(=O)(=O)c1ccc(CC)c(CNC2CC2)c1. The zero-order chi connectivity index (χ0) is 15.5. The Bertz CT molecular complexity index is 643. The third-order valence-corrected chi connectivity index (χ3v) is 5.54. The van der Waals surface area contributed by atoms with Crippen LogP contribution >= 0.6 is 0 Å². The van der Waals surface area contributed by atoms with E-state index in [4.69, 9.17) is 6.42 Å². The smallest absolute Gasteiger partial charge is 0.243 e. The van der Waals surface area contributed by atoms with Gasteiger partial charge in [0.25, 0.3) is 0 Å². The summed E-state index contributed by atoms with van der Waals surface area (Å²) in [6, 6.07) is 5.94. The first-order valence-corrected chi connectivity index (χ1v) is 8.68. The van der Waals surface area contributed by atoms with Gasteiger partial charge in [-0.05, 0) is 42.5 Å². The van der Waals surface area contributed by atoms with E-state index >= 15 is 0 Å². The summed E-state index contributed by atoms with van der Waals surface area (Å²) in [4.78, 5) is 0.310. The van der Waals surface area contributed by atoms with Crippen molar-refractivity contribution in [3.05, 3.63) is 29.3 Å². The van der Waals surface area contributed by atoms with E-state index in [1.54, 1.807) is 12.1 Å². The van der Waals surface area contributed by atoms with Gasteiger partial charge in [-0.15, -0.1) is 6.42 Å². The maximum Gasteiger partial charge on any atom is 0.243 e. The molecule has 4 nitrogen and oxygen atoms in total. The Morgan fingerprint density at radius 2 is 2.10 bits per heavy atom. The number of hydrogen-bond donors (Lipinski definition) is 1. The quantitative estimate of drug-likeness (QED) is 0.781. The minimum absolute atomic E-state index is 0.0769. The molecule has 2 rings (SSSR count). The van der Waals surface area contributed by atoms with Crippen LogP contribution in [0.4, 0.5) is 0 Å². The van der Waals surface area contributed by atoms with Gasteiger partial charge in [0.2, 0.25) is 10.0 Å². The van der Waals surface area contributed by atoms with Crippen molar-refractivity contribution in [3.63, 3.8) is 0 Å². The lowest BCUT2D eigenvalue weighted by atomic mass is 10.1. The molecule has 1 saturated carbocycles. The van der Waals surface area contributed by atoms with Crippen LogP contribution < -0.4 is 5.32 Å². The van der Waals surface area contributed by atoms with Crippen LogP contribution in [-0.2, 0) is 23.0 Å². The van der Waals surface area contributed by atoms with Crippen molar-refractivity contribution in [1.29, 1.82) is 0 Å². The summed E-state index contributed by atoms with van der Waals surface area (Å²) in [5.41, 5.74) is 2.24. The van der Waals surface area contributed by atoms with Gasteiger partial charge in [0, 0.05) is 19.6 Å². The number of nitrogens with zero attached hydrogens (tertiary/aromatic N) is 1. The number of hydrogen-bond acceptors (Lipinski definition) is 3. The molecule has 0 radical (unpaired) electrons. The van der Waals surface area contributed by atoms with E-state index in [9.17, 15) is 8.42 Å². The molecule has 0 bridgehead atoms. The van der Waals surface area contributed by atoms with Crippen LogP contribution in [-0.4, -0.2) is 32.4 Å². The van der Waals surface area contributed by atoms with Crippen molar-refractivity contribution in [2.45, 2.75) is 43.7 Å². The predicted molar refractivity (Wildman–Crippen MR) is 84.3 cm³/mol. The minimum atomic E-state index is -3.51. The molecule has 0 aromatic heterocycles. The molecule has 0 amide bonds. The molecule has 114 valence electrons. The van der Waals surface area contributed by atoms with E-state index in [0.29, 0.717) is 10.9 Å². The van der Waals surface area contributed by atoms with Gasteiger partial charge in [-0.1, -0.05) is 18.9 Å². The van der Waals surface area contributed by atoms with Crippen molar-refractivity contribution < 1.29 is 8.42 Å². The molecule has 1 aliphatic rings. The fraction of sp³-hybridized carbons (Fsp3) is 0.500. The summed E-state index contributed by atoms with van der Waals surface area (Å²) in [5, 5.41) is 3.44. The molecule has 0 spiro atoms. The Morgan fingerprint density at radius 3 is 2.67 bits per heavy atom. The monoisotopic (exact) mass is 306 g/mol. The van der Waals surface area contributed by atoms with Crippen molar-refractivity contribution >= 4 is 10.0 Å². The first-order chi connectivity index (χ1) is 9.98. The average Bonchev–Trinajstić information content (AvgIpc) is 3.29. The highest BCUT2D eigenvalue weighted by molar-refractivity contribution is 7.89. The zero-order valence-corrected chi connectivity index (χ0v) is 13.4. The Hall–Kier alpha value is -1.35. The van der Waals surface area contributed by atoms with Gasteiger partial charge in [0.05, 0.1) is 11.4 Å². The second-order valence-electron chi connectivity index (χ2n) is 5.40. The van der Waals surface area contributed by atoms with Gasteiger partial charge in [-0.3, -0.25) is 0 Å². The summed E-state index contributed by atoms with van der Waals surface area (Å²) in [6.07, 6.45) is 8.52. The molecule has 0 saturated heterocycles. The van der Waals surface area contributed by atoms with Gasteiger partial charge in [0.1, 0.15) is 0 Å². The number of benzene rings is 1. The molecule has 1 aliphatic carbocycles. The number of nitrogens with one attached hydrogen (secondary N) is 1. The van der Waals surface area contributed by atoms with Gasteiger partial charge in [0.15, 0.2) is 0 Å². The number of terminal acetylenes is 1. The lowest BCUT2D eigenvalue weighted by Gasteiger charge is -2.16. The third-order valence-electron chi connectivity index (χ3n) is 3.74. The summed E-state index contributed by atoms with van der Waals surface area (Å²) in [5.74, 6) is 2.36. The third kappa shape index (κ3) is 3.85. The number of aryl methyl sites for hydroxylation is 1. The van der Waals surface area contributed by atoms with E-state index in [-0.39, 0.29) is 6.54 Å².